The number of aromatic nitrogens is 1. The average Bonchev–Trinajstić information content (AvgIpc) is 1.61. The van der Waals surface area contributed by atoms with Crippen molar-refractivity contribution >= 4 is 21.8 Å². The fourth-order valence-corrected chi connectivity index (χ4v) is 10.9. The van der Waals surface area contributed by atoms with E-state index in [9.17, 15) is 105 Å². The molecule has 478 valence electrons. The van der Waals surface area contributed by atoms with Gasteiger partial charge in [-0.15, -0.1) is 0 Å². The number of halogens is 24. The lowest BCUT2D eigenvalue weighted by atomic mass is 9.90. The predicted octanol–water partition coefficient (Wildman–Crippen LogP) is 24.6. The molecular weight excluding hydrogens is 1290 g/mol. The zero-order chi connectivity index (χ0) is 67.5. The number of benzene rings is 10. The van der Waals surface area contributed by atoms with Crippen molar-refractivity contribution in [1.29, 1.82) is 0 Å². The molecule has 0 aliphatic carbocycles. The van der Waals surface area contributed by atoms with Crippen LogP contribution in [-0.2, 0) is 49.4 Å². The minimum atomic E-state index is -5.46. The third-order valence-corrected chi connectivity index (χ3v) is 15.2. The highest BCUT2D eigenvalue weighted by atomic mass is 19.4. The maximum Gasteiger partial charge on any atom is 0.416 e. The molecule has 0 fully saturated rings. The number of rotatable bonds is 8. The fraction of sp³-hybridized carbons (Fsp3) is 0.118. The minimum absolute atomic E-state index is 0.0725. The van der Waals surface area contributed by atoms with Crippen LogP contribution in [0, 0.1) is 0 Å². The van der Waals surface area contributed by atoms with E-state index in [-0.39, 0.29) is 117 Å². The number of hydrogen-bond acceptors (Lipinski definition) is 0. The normalized spacial score (nSPS) is 13.2. The molecule has 0 saturated carbocycles. The summed E-state index contributed by atoms with van der Waals surface area (Å²) in [4.78, 5) is 0. The van der Waals surface area contributed by atoms with Crippen LogP contribution in [0.15, 0.2) is 200 Å². The molecule has 0 spiro atoms. The molecule has 0 atom stereocenters. The van der Waals surface area contributed by atoms with Crippen LogP contribution in [0.4, 0.5) is 105 Å². The second-order valence-electron chi connectivity index (χ2n) is 21.5. The Hall–Kier alpha value is -9.68. The molecule has 0 amide bonds. The molecule has 0 aliphatic rings. The zero-order valence-corrected chi connectivity index (χ0v) is 46.1. The Morgan fingerprint density at radius 2 is 0.409 bits per heavy atom. The Bertz CT molecular complexity index is 4150. The van der Waals surface area contributed by atoms with E-state index in [2.05, 4.69) is 0 Å². The van der Waals surface area contributed by atoms with Gasteiger partial charge in [-0.25, -0.2) is 0 Å². The molecule has 0 bridgehead atoms. The molecule has 93 heavy (non-hydrogen) atoms. The van der Waals surface area contributed by atoms with Crippen LogP contribution in [-0.4, -0.2) is 4.57 Å². The first kappa shape index (κ1) is 64.8. The first-order valence-electron chi connectivity index (χ1n) is 26.8. The molecule has 1 aromatic heterocycles. The van der Waals surface area contributed by atoms with Crippen LogP contribution in [0.3, 0.4) is 0 Å². The van der Waals surface area contributed by atoms with Gasteiger partial charge >= 0.3 is 49.4 Å². The van der Waals surface area contributed by atoms with Crippen molar-refractivity contribution in [3.8, 4) is 83.6 Å². The summed E-state index contributed by atoms with van der Waals surface area (Å²) >= 11 is 0. The number of fused-ring (bicyclic) bond motifs is 3. The fourth-order valence-electron chi connectivity index (χ4n) is 10.9. The molecule has 0 unspecified atom stereocenters. The average molecular weight is 1320 g/mol. The van der Waals surface area contributed by atoms with Gasteiger partial charge in [0.25, 0.3) is 0 Å². The third kappa shape index (κ3) is 13.4. The van der Waals surface area contributed by atoms with Crippen LogP contribution in [0.1, 0.15) is 44.5 Å². The lowest BCUT2D eigenvalue weighted by molar-refractivity contribution is -0.144. The standard InChI is InChI=1S/C68H33F24N/c69-61(70,71)47-20-43(21-48(30-47)62(72,73)74)39-14-37(15-40(18-39)44-22-49(63(75,76)77)31-50(23-44)64(78,79)80)35-10-12-59-56(28-35)57-29-36(11-13-60(57)93(59)58-9-5-4-8-55(58)34-6-2-1-3-7-34)38-16-41(45-24-51(65(81,82)83)32-52(25-45)66(84,85)86)19-42(17-38)46-26-53(67(87,88)89)33-54(27-46)68(90,91)92/h1-33H. The van der Waals surface area contributed by atoms with Gasteiger partial charge < -0.3 is 4.57 Å². The van der Waals surface area contributed by atoms with E-state index in [0.717, 1.165) is 36.4 Å². The maximum absolute atomic E-state index is 14.4. The van der Waals surface area contributed by atoms with Gasteiger partial charge in [-0.05, 0) is 212 Å². The summed E-state index contributed by atoms with van der Waals surface area (Å²) in [7, 11) is 0. The van der Waals surface area contributed by atoms with E-state index in [1.807, 2.05) is 0 Å². The summed E-state index contributed by atoms with van der Waals surface area (Å²) in [6.07, 6.45) is -43.6. The molecule has 0 N–H and O–H groups in total. The third-order valence-electron chi connectivity index (χ3n) is 15.2. The number of hydrogen-bond donors (Lipinski definition) is 0. The molecule has 0 saturated heterocycles. The zero-order valence-electron chi connectivity index (χ0n) is 46.1. The van der Waals surface area contributed by atoms with Gasteiger partial charge in [0.15, 0.2) is 0 Å². The van der Waals surface area contributed by atoms with Gasteiger partial charge in [0.2, 0.25) is 0 Å². The highest BCUT2D eigenvalue weighted by Crippen LogP contribution is 2.48. The topological polar surface area (TPSA) is 4.93 Å². The highest BCUT2D eigenvalue weighted by Gasteiger charge is 2.42. The summed E-state index contributed by atoms with van der Waals surface area (Å²) in [5.41, 5.74) is -19.1. The van der Waals surface area contributed by atoms with Crippen molar-refractivity contribution < 1.29 is 105 Å². The van der Waals surface area contributed by atoms with E-state index in [1.165, 1.54) is 36.4 Å². The summed E-state index contributed by atoms with van der Waals surface area (Å²) in [5, 5.41) is 0.237. The smallest absolute Gasteiger partial charge is 0.309 e. The molecule has 1 heterocycles. The van der Waals surface area contributed by atoms with Crippen LogP contribution >= 0.6 is 0 Å². The van der Waals surface area contributed by atoms with E-state index in [0.29, 0.717) is 16.8 Å². The monoisotopic (exact) mass is 1320 g/mol. The molecular formula is C68H33F24N. The summed E-state index contributed by atoms with van der Waals surface area (Å²) in [6.45, 7) is 0. The molecule has 11 aromatic rings. The Kier molecular flexibility index (Phi) is 15.7. The van der Waals surface area contributed by atoms with E-state index >= 15 is 0 Å². The van der Waals surface area contributed by atoms with E-state index in [1.54, 1.807) is 59.2 Å². The number of nitrogens with zero attached hydrogens (tertiary/aromatic N) is 1. The molecule has 25 heteroatoms. The molecule has 0 aliphatic heterocycles. The SMILES string of the molecule is FC(F)(F)c1cc(-c2cc(-c3cc(C(F)(F)F)cc(C(F)(F)F)c3)cc(-c3ccc4c(c3)c3cc(-c5cc(-c6cc(C(F)(F)F)cc(C(F)(F)F)c6)cc(-c6cc(C(F)(F)F)cc(C(F)(F)F)c6)c5)ccc3n4-c3ccccc3-c3ccccc3)c2)cc(C(F)(F)F)c1. The van der Waals surface area contributed by atoms with Crippen molar-refractivity contribution in [3.05, 3.63) is 245 Å². The van der Waals surface area contributed by atoms with Gasteiger partial charge in [0.05, 0.1) is 61.2 Å². The Morgan fingerprint density at radius 1 is 0.183 bits per heavy atom. The quantitative estimate of drug-likeness (QED) is 0.134. The van der Waals surface area contributed by atoms with Crippen molar-refractivity contribution in [1.82, 2.24) is 4.57 Å². The highest BCUT2D eigenvalue weighted by molar-refractivity contribution is 6.12. The Morgan fingerprint density at radius 3 is 0.667 bits per heavy atom. The van der Waals surface area contributed by atoms with Crippen LogP contribution in [0.5, 0.6) is 0 Å². The first-order valence-corrected chi connectivity index (χ1v) is 26.8. The van der Waals surface area contributed by atoms with Crippen LogP contribution in [0.2, 0.25) is 0 Å². The first-order chi connectivity index (χ1) is 43.1. The Labute approximate surface area is 508 Å². The largest absolute Gasteiger partial charge is 0.416 e. The number of alkyl halides is 24. The molecule has 11 rings (SSSR count). The summed E-state index contributed by atoms with van der Waals surface area (Å²) in [5.74, 6) is 0. The van der Waals surface area contributed by atoms with Crippen LogP contribution in [0.25, 0.3) is 105 Å². The lowest BCUT2D eigenvalue weighted by Crippen LogP contribution is -2.11. The lowest BCUT2D eigenvalue weighted by Gasteiger charge is -2.18. The summed E-state index contributed by atoms with van der Waals surface area (Å²) < 4.78 is 347. The van der Waals surface area contributed by atoms with Crippen molar-refractivity contribution in [2.45, 2.75) is 49.4 Å². The molecule has 10 aromatic carbocycles. The van der Waals surface area contributed by atoms with Crippen molar-refractivity contribution in [2.75, 3.05) is 0 Å². The predicted molar refractivity (Wildman–Crippen MR) is 299 cm³/mol. The van der Waals surface area contributed by atoms with E-state index < -0.39 is 138 Å². The van der Waals surface area contributed by atoms with Gasteiger partial charge in [-0.3, -0.25) is 0 Å². The second-order valence-corrected chi connectivity index (χ2v) is 21.5. The van der Waals surface area contributed by atoms with Gasteiger partial charge in [0, 0.05) is 16.3 Å². The minimum Gasteiger partial charge on any atom is -0.309 e. The second kappa shape index (κ2) is 22.6. The van der Waals surface area contributed by atoms with Crippen molar-refractivity contribution in [2.24, 2.45) is 0 Å². The Balaban J connectivity index is 1.22. The summed E-state index contributed by atoms with van der Waals surface area (Å²) in [6, 6.07) is 30.5. The molecule has 1 nitrogen and oxygen atoms in total. The van der Waals surface area contributed by atoms with E-state index in [4.69, 9.17) is 0 Å². The maximum atomic E-state index is 14.4. The van der Waals surface area contributed by atoms with Gasteiger partial charge in [-0.2, -0.15) is 105 Å². The van der Waals surface area contributed by atoms with Crippen LogP contribution < -0.4 is 0 Å². The van der Waals surface area contributed by atoms with Crippen molar-refractivity contribution in [3.63, 3.8) is 0 Å². The van der Waals surface area contributed by atoms with Gasteiger partial charge in [0.1, 0.15) is 0 Å². The van der Waals surface area contributed by atoms with Gasteiger partial charge in [-0.1, -0.05) is 60.7 Å². The molecule has 0 radical (unpaired) electrons. The number of para-hydroxylation sites is 1.